The van der Waals surface area contributed by atoms with E-state index in [9.17, 15) is 4.79 Å². The normalized spacial score (nSPS) is 17.2. The average molecular weight is 393 g/mol. The van der Waals surface area contributed by atoms with Crippen LogP contribution in [-0.4, -0.2) is 55.1 Å². The van der Waals surface area contributed by atoms with Gasteiger partial charge in [0.2, 0.25) is 5.91 Å². The number of thiazole rings is 1. The van der Waals surface area contributed by atoms with Crippen molar-refractivity contribution in [3.05, 3.63) is 17.3 Å². The van der Waals surface area contributed by atoms with Crippen molar-refractivity contribution in [1.29, 1.82) is 0 Å². The Bertz CT molecular complexity index is 925. The zero-order valence-corrected chi connectivity index (χ0v) is 16.3. The molecule has 0 saturated carbocycles. The molecule has 1 amide bonds. The molecule has 0 aliphatic carbocycles. The largest absolute Gasteiger partial charge is 0.376 e. The van der Waals surface area contributed by atoms with E-state index in [1.54, 1.807) is 11.3 Å². The molecule has 1 atom stereocenters. The molecule has 26 heavy (non-hydrogen) atoms. The van der Waals surface area contributed by atoms with Gasteiger partial charge in [-0.3, -0.25) is 9.20 Å². The molecule has 1 aliphatic heterocycles. The van der Waals surface area contributed by atoms with Crippen molar-refractivity contribution in [2.45, 2.75) is 31.0 Å². The molecule has 1 aliphatic rings. The third-order valence-electron chi connectivity index (χ3n) is 4.37. The summed E-state index contributed by atoms with van der Waals surface area (Å²) in [7, 11) is 1.91. The van der Waals surface area contributed by atoms with Gasteiger partial charge in [0.1, 0.15) is 5.69 Å². The van der Waals surface area contributed by atoms with Crippen LogP contribution < -0.4 is 5.32 Å². The van der Waals surface area contributed by atoms with E-state index in [0.29, 0.717) is 17.5 Å². The van der Waals surface area contributed by atoms with Gasteiger partial charge in [0.25, 0.3) is 0 Å². The molecule has 3 aromatic heterocycles. The summed E-state index contributed by atoms with van der Waals surface area (Å²) in [5.41, 5.74) is 1.85. The number of nitrogens with zero attached hydrogens (tertiary/aromatic N) is 5. The van der Waals surface area contributed by atoms with Crippen molar-refractivity contribution in [1.82, 2.24) is 29.5 Å². The summed E-state index contributed by atoms with van der Waals surface area (Å²) in [6, 6.07) is 0. The topological polar surface area (TPSA) is 86.3 Å². The zero-order chi connectivity index (χ0) is 18.1. The molecule has 1 saturated heterocycles. The fourth-order valence-corrected chi connectivity index (χ4v) is 4.52. The van der Waals surface area contributed by atoms with Crippen molar-refractivity contribution < 1.29 is 9.53 Å². The number of rotatable bonds is 6. The van der Waals surface area contributed by atoms with Crippen molar-refractivity contribution in [3.8, 4) is 11.5 Å². The predicted molar refractivity (Wildman–Crippen MR) is 101 cm³/mol. The third-order valence-corrected chi connectivity index (χ3v) is 6.14. The number of hydrogen-bond acceptors (Lipinski definition) is 7. The van der Waals surface area contributed by atoms with Crippen LogP contribution in [0.5, 0.6) is 0 Å². The van der Waals surface area contributed by atoms with Crippen LogP contribution in [0, 0.1) is 6.92 Å². The maximum Gasteiger partial charge on any atom is 0.230 e. The highest BCUT2D eigenvalue weighted by Gasteiger charge is 2.20. The number of thioether (sulfide) groups is 1. The van der Waals surface area contributed by atoms with Crippen molar-refractivity contribution >= 4 is 34.0 Å². The van der Waals surface area contributed by atoms with Crippen LogP contribution in [-0.2, 0) is 16.6 Å². The van der Waals surface area contributed by atoms with Gasteiger partial charge in [-0.25, -0.2) is 4.98 Å². The number of carbonyl (C=O) groups is 1. The molecule has 1 unspecified atom stereocenters. The predicted octanol–water partition coefficient (Wildman–Crippen LogP) is 1.89. The number of aromatic nitrogens is 5. The smallest absolute Gasteiger partial charge is 0.230 e. The number of ether oxygens (including phenoxy) is 1. The summed E-state index contributed by atoms with van der Waals surface area (Å²) >= 11 is 2.96. The van der Waals surface area contributed by atoms with Gasteiger partial charge in [-0.05, 0) is 19.8 Å². The van der Waals surface area contributed by atoms with E-state index in [1.165, 1.54) is 11.8 Å². The van der Waals surface area contributed by atoms with Gasteiger partial charge in [0, 0.05) is 31.8 Å². The molecule has 8 nitrogen and oxygen atoms in total. The summed E-state index contributed by atoms with van der Waals surface area (Å²) in [5.74, 6) is 1.03. The molecule has 0 radical (unpaired) electrons. The molecule has 3 aromatic rings. The first-order valence-corrected chi connectivity index (χ1v) is 10.3. The molecule has 0 bridgehead atoms. The maximum atomic E-state index is 12.1. The van der Waals surface area contributed by atoms with Crippen LogP contribution in [0.2, 0.25) is 0 Å². The molecule has 0 spiro atoms. The minimum atomic E-state index is -0.0178. The van der Waals surface area contributed by atoms with Crippen LogP contribution in [0.4, 0.5) is 0 Å². The van der Waals surface area contributed by atoms with Gasteiger partial charge >= 0.3 is 0 Å². The molecule has 10 heteroatoms. The van der Waals surface area contributed by atoms with Gasteiger partial charge in [-0.15, -0.1) is 21.5 Å². The van der Waals surface area contributed by atoms with E-state index in [0.717, 1.165) is 41.6 Å². The van der Waals surface area contributed by atoms with E-state index in [1.807, 2.05) is 34.5 Å². The van der Waals surface area contributed by atoms with Gasteiger partial charge in [-0.1, -0.05) is 11.8 Å². The van der Waals surface area contributed by atoms with Crippen LogP contribution in [0.15, 0.2) is 16.7 Å². The first-order chi connectivity index (χ1) is 12.6. The maximum absolute atomic E-state index is 12.1. The highest BCUT2D eigenvalue weighted by molar-refractivity contribution is 7.99. The summed E-state index contributed by atoms with van der Waals surface area (Å²) in [6.07, 6.45) is 4.22. The second kappa shape index (κ2) is 7.37. The second-order valence-electron chi connectivity index (χ2n) is 6.19. The fraction of sp³-hybridized carbons (Fsp3) is 0.500. The highest BCUT2D eigenvalue weighted by atomic mass is 32.2. The third kappa shape index (κ3) is 3.36. The Kier molecular flexibility index (Phi) is 4.96. The number of amides is 1. The van der Waals surface area contributed by atoms with Gasteiger partial charge < -0.3 is 14.6 Å². The lowest BCUT2D eigenvalue weighted by Crippen LogP contribution is -2.32. The Labute approximate surface area is 159 Å². The fourth-order valence-electron chi connectivity index (χ4n) is 3.02. The van der Waals surface area contributed by atoms with Gasteiger partial charge in [-0.2, -0.15) is 0 Å². The molecule has 4 rings (SSSR count). The number of imidazole rings is 1. The van der Waals surface area contributed by atoms with Gasteiger partial charge in [0.15, 0.2) is 15.9 Å². The number of hydrogen-bond donors (Lipinski definition) is 1. The lowest BCUT2D eigenvalue weighted by molar-refractivity contribution is -0.119. The minimum absolute atomic E-state index is 0.0178. The number of carbonyl (C=O) groups excluding carboxylic acids is 1. The molecular weight excluding hydrogens is 372 g/mol. The number of aryl methyl sites for hydroxylation is 1. The first kappa shape index (κ1) is 17.5. The summed E-state index contributed by atoms with van der Waals surface area (Å²) in [4.78, 5) is 17.5. The molecule has 1 fully saturated rings. The van der Waals surface area contributed by atoms with E-state index >= 15 is 0 Å². The van der Waals surface area contributed by atoms with E-state index in [2.05, 4.69) is 20.5 Å². The summed E-state index contributed by atoms with van der Waals surface area (Å²) < 4.78 is 9.44. The zero-order valence-electron chi connectivity index (χ0n) is 14.6. The van der Waals surface area contributed by atoms with Crippen LogP contribution >= 0.6 is 23.1 Å². The molecule has 1 N–H and O–H groups in total. The average Bonchev–Trinajstić information content (AvgIpc) is 3.38. The summed E-state index contributed by atoms with van der Waals surface area (Å²) in [5, 5.41) is 14.2. The van der Waals surface area contributed by atoms with E-state index in [4.69, 9.17) is 4.74 Å². The van der Waals surface area contributed by atoms with Crippen molar-refractivity contribution in [2.24, 2.45) is 7.05 Å². The Morgan fingerprint density at radius 2 is 2.38 bits per heavy atom. The highest BCUT2D eigenvalue weighted by Crippen LogP contribution is 2.27. The molecule has 138 valence electrons. The Morgan fingerprint density at radius 3 is 3.19 bits per heavy atom. The quantitative estimate of drug-likeness (QED) is 0.645. The Balaban J connectivity index is 1.42. The van der Waals surface area contributed by atoms with E-state index < -0.39 is 0 Å². The van der Waals surface area contributed by atoms with Crippen molar-refractivity contribution in [3.63, 3.8) is 0 Å². The minimum Gasteiger partial charge on any atom is -0.376 e. The monoisotopic (exact) mass is 392 g/mol. The standard InChI is InChI=1S/C16H20N6O2S2/c1-10-13(22-5-7-25-15(22)18-10)14-19-20-16(21(14)2)26-9-12(23)17-8-11-4-3-6-24-11/h5,7,11H,3-4,6,8-9H2,1-2H3,(H,17,23). The summed E-state index contributed by atoms with van der Waals surface area (Å²) in [6.45, 7) is 3.34. The number of fused-ring (bicyclic) bond motifs is 1. The lowest BCUT2D eigenvalue weighted by Gasteiger charge is -2.10. The van der Waals surface area contributed by atoms with Crippen LogP contribution in [0.1, 0.15) is 18.5 Å². The first-order valence-electron chi connectivity index (χ1n) is 8.46. The Morgan fingerprint density at radius 1 is 1.50 bits per heavy atom. The van der Waals surface area contributed by atoms with Crippen molar-refractivity contribution in [2.75, 3.05) is 18.9 Å². The van der Waals surface area contributed by atoms with E-state index in [-0.39, 0.29) is 12.0 Å². The second-order valence-corrected chi connectivity index (χ2v) is 8.01. The SMILES string of the molecule is Cc1nc2sccn2c1-c1nnc(SCC(=O)NCC2CCCO2)n1C. The van der Waals surface area contributed by atoms with Crippen LogP contribution in [0.25, 0.3) is 16.5 Å². The molecule has 4 heterocycles. The van der Waals surface area contributed by atoms with Crippen LogP contribution in [0.3, 0.4) is 0 Å². The van der Waals surface area contributed by atoms with Gasteiger partial charge in [0.05, 0.1) is 17.6 Å². The Hall–Kier alpha value is -1.91. The lowest BCUT2D eigenvalue weighted by atomic mass is 10.2. The number of nitrogens with one attached hydrogen (secondary N) is 1. The molecule has 0 aromatic carbocycles. The molecular formula is C16H20N6O2S2.